The van der Waals surface area contributed by atoms with Crippen molar-refractivity contribution in [2.24, 2.45) is 4.99 Å². The van der Waals surface area contributed by atoms with E-state index in [1.54, 1.807) is 19.9 Å². The number of aromatic nitrogens is 1. The van der Waals surface area contributed by atoms with Gasteiger partial charge in [-0.3, -0.25) is 4.99 Å². The van der Waals surface area contributed by atoms with Crippen molar-refractivity contribution >= 4 is 12.5 Å². The van der Waals surface area contributed by atoms with E-state index in [2.05, 4.69) is 41.9 Å². The molecule has 0 unspecified atom stereocenters. The van der Waals surface area contributed by atoms with E-state index < -0.39 is 11.9 Å². The fourth-order valence-corrected chi connectivity index (χ4v) is 1.46. The van der Waals surface area contributed by atoms with Gasteiger partial charge in [-0.05, 0) is 50.3 Å². The van der Waals surface area contributed by atoms with Crippen LogP contribution in [0.3, 0.4) is 0 Å². The maximum atomic E-state index is 12.0. The fraction of sp³-hybridized carbons (Fsp3) is 0.412. The molecule has 0 radical (unpaired) electrons. The second-order valence-corrected chi connectivity index (χ2v) is 5.10. The number of rotatable bonds is 4. The normalized spacial score (nSPS) is 12.6. The molecule has 0 aliphatic carbocycles. The molecule has 0 aliphatic heterocycles. The highest BCUT2D eigenvalue weighted by Crippen LogP contribution is 2.27. The number of allylic oxidation sites excluding steroid dienone is 4. The molecule has 1 heterocycles. The minimum absolute atomic E-state index is 0.509. The van der Waals surface area contributed by atoms with Crippen molar-refractivity contribution in [1.29, 1.82) is 0 Å². The van der Waals surface area contributed by atoms with E-state index in [1.807, 2.05) is 19.3 Å². The molecule has 0 amide bonds. The van der Waals surface area contributed by atoms with Crippen molar-refractivity contribution < 1.29 is 13.2 Å². The molecular formula is C17H24F3N3. The number of hydrogen-bond acceptors (Lipinski definition) is 3. The summed E-state index contributed by atoms with van der Waals surface area (Å²) in [5.74, 6) is 1.52. The van der Waals surface area contributed by atoms with Crippen molar-refractivity contribution in [2.45, 2.75) is 39.8 Å². The third-order valence-corrected chi connectivity index (χ3v) is 2.99. The zero-order valence-electron chi connectivity index (χ0n) is 14.2. The Kier molecular flexibility index (Phi) is 8.92. The SMILES string of the molecule is C=N/C(=C\C(C)=C/C)C(F)(F)F.CNc1cc(C(C)C)ccn1. The van der Waals surface area contributed by atoms with Crippen molar-refractivity contribution in [3.05, 3.63) is 47.3 Å². The average molecular weight is 327 g/mol. The van der Waals surface area contributed by atoms with E-state index in [1.165, 1.54) is 5.56 Å². The standard InChI is InChI=1S/C9H14N2.C8H10F3N/c1-7(2)8-4-5-11-9(6-8)10-3;1-4-6(2)5-7(12-3)8(9,10)11/h4-7H,1-3H3,(H,10,11);4-5H,3H2,1-2H3/b;6-4-,7-5-. The Morgan fingerprint density at radius 3 is 2.39 bits per heavy atom. The predicted molar refractivity (Wildman–Crippen MR) is 91.0 cm³/mol. The Morgan fingerprint density at radius 2 is 2.00 bits per heavy atom. The van der Waals surface area contributed by atoms with Crippen LogP contribution in [0.15, 0.2) is 46.7 Å². The van der Waals surface area contributed by atoms with Crippen molar-refractivity contribution in [3.63, 3.8) is 0 Å². The Labute approximate surface area is 136 Å². The van der Waals surface area contributed by atoms with E-state index in [0.29, 0.717) is 11.5 Å². The zero-order chi connectivity index (χ0) is 18.0. The minimum atomic E-state index is -4.41. The Bertz CT molecular complexity index is 558. The first-order chi connectivity index (χ1) is 10.6. The highest BCUT2D eigenvalue weighted by atomic mass is 19.4. The van der Waals surface area contributed by atoms with E-state index >= 15 is 0 Å². The number of halogens is 3. The van der Waals surface area contributed by atoms with Gasteiger partial charge >= 0.3 is 6.18 Å². The molecule has 6 heteroatoms. The van der Waals surface area contributed by atoms with Crippen LogP contribution in [-0.2, 0) is 0 Å². The Balaban J connectivity index is 0.000000422. The lowest BCUT2D eigenvalue weighted by atomic mass is 10.1. The summed E-state index contributed by atoms with van der Waals surface area (Å²) in [4.78, 5) is 7.02. The lowest BCUT2D eigenvalue weighted by Gasteiger charge is -2.05. The molecule has 1 N–H and O–H groups in total. The zero-order valence-corrected chi connectivity index (χ0v) is 14.2. The van der Waals surface area contributed by atoms with Crippen LogP contribution in [0.25, 0.3) is 0 Å². The van der Waals surface area contributed by atoms with Crippen molar-refractivity contribution in [1.82, 2.24) is 4.98 Å². The lowest BCUT2D eigenvalue weighted by Crippen LogP contribution is -2.09. The molecule has 3 nitrogen and oxygen atoms in total. The number of pyridine rings is 1. The van der Waals surface area contributed by atoms with Crippen molar-refractivity contribution in [2.75, 3.05) is 12.4 Å². The molecule has 0 aliphatic rings. The molecule has 23 heavy (non-hydrogen) atoms. The second kappa shape index (κ2) is 9.82. The van der Waals surface area contributed by atoms with Crippen LogP contribution in [-0.4, -0.2) is 24.9 Å². The van der Waals surface area contributed by atoms with Crippen LogP contribution in [0.2, 0.25) is 0 Å². The molecule has 0 fully saturated rings. The van der Waals surface area contributed by atoms with Gasteiger partial charge in [0.05, 0.1) is 0 Å². The number of aliphatic imine (C=N–C) groups is 1. The first-order valence-electron chi connectivity index (χ1n) is 7.17. The maximum Gasteiger partial charge on any atom is 0.433 e. The van der Waals surface area contributed by atoms with Crippen LogP contribution >= 0.6 is 0 Å². The van der Waals surface area contributed by atoms with Gasteiger partial charge in [0.15, 0.2) is 0 Å². The molecule has 1 rings (SSSR count). The molecular weight excluding hydrogens is 303 g/mol. The van der Waals surface area contributed by atoms with Gasteiger partial charge in [0, 0.05) is 13.2 Å². The predicted octanol–water partition coefficient (Wildman–Crippen LogP) is 5.35. The molecule has 128 valence electrons. The second-order valence-electron chi connectivity index (χ2n) is 5.10. The quantitative estimate of drug-likeness (QED) is 0.598. The van der Waals surface area contributed by atoms with Crippen LogP contribution in [0, 0.1) is 0 Å². The number of alkyl halides is 3. The molecule has 1 aromatic heterocycles. The summed E-state index contributed by atoms with van der Waals surface area (Å²) in [7, 11) is 1.88. The average Bonchev–Trinajstić information content (AvgIpc) is 2.51. The third kappa shape index (κ3) is 8.18. The summed E-state index contributed by atoms with van der Waals surface area (Å²) in [6.07, 6.45) is -0.0584. The van der Waals surface area contributed by atoms with E-state index in [9.17, 15) is 13.2 Å². The van der Waals surface area contributed by atoms with Gasteiger partial charge in [-0.1, -0.05) is 25.5 Å². The van der Waals surface area contributed by atoms with Gasteiger partial charge < -0.3 is 5.32 Å². The minimum Gasteiger partial charge on any atom is -0.373 e. The fourth-order valence-electron chi connectivity index (χ4n) is 1.46. The van der Waals surface area contributed by atoms with E-state index in [4.69, 9.17) is 0 Å². The van der Waals surface area contributed by atoms with E-state index in [0.717, 1.165) is 11.9 Å². The number of nitrogens with one attached hydrogen (secondary N) is 1. The van der Waals surface area contributed by atoms with Crippen molar-refractivity contribution in [3.8, 4) is 0 Å². The van der Waals surface area contributed by atoms with Crippen LogP contribution in [0.5, 0.6) is 0 Å². The number of hydrogen-bond donors (Lipinski definition) is 1. The van der Waals surface area contributed by atoms with Gasteiger partial charge in [-0.15, -0.1) is 0 Å². The molecule has 0 bridgehead atoms. The first kappa shape index (κ1) is 20.9. The molecule has 0 saturated heterocycles. The Morgan fingerprint density at radius 1 is 1.39 bits per heavy atom. The van der Waals surface area contributed by atoms with E-state index in [-0.39, 0.29) is 0 Å². The van der Waals surface area contributed by atoms with Crippen LogP contribution in [0.4, 0.5) is 19.0 Å². The van der Waals surface area contributed by atoms with Crippen LogP contribution < -0.4 is 5.32 Å². The summed E-state index contributed by atoms with van der Waals surface area (Å²) in [6, 6.07) is 4.12. The van der Waals surface area contributed by atoms with Gasteiger partial charge in [0.25, 0.3) is 0 Å². The first-order valence-corrected chi connectivity index (χ1v) is 7.17. The lowest BCUT2D eigenvalue weighted by molar-refractivity contribution is -0.0922. The highest BCUT2D eigenvalue weighted by molar-refractivity contribution is 5.37. The maximum absolute atomic E-state index is 12.0. The highest BCUT2D eigenvalue weighted by Gasteiger charge is 2.32. The summed E-state index contributed by atoms with van der Waals surface area (Å²) in [5, 5.41) is 3.01. The Hall–Kier alpha value is -2.11. The number of anilines is 1. The molecule has 0 aromatic carbocycles. The monoisotopic (exact) mass is 327 g/mol. The molecule has 0 atom stereocenters. The van der Waals surface area contributed by atoms with Gasteiger partial charge in [0.1, 0.15) is 11.5 Å². The topological polar surface area (TPSA) is 37.3 Å². The molecule has 0 saturated carbocycles. The summed E-state index contributed by atoms with van der Waals surface area (Å²) in [6.45, 7) is 10.4. The van der Waals surface area contributed by atoms with Gasteiger partial charge in [-0.2, -0.15) is 13.2 Å². The smallest absolute Gasteiger partial charge is 0.373 e. The van der Waals surface area contributed by atoms with Gasteiger partial charge in [-0.25, -0.2) is 4.98 Å². The summed E-state index contributed by atoms with van der Waals surface area (Å²) in [5.41, 5.74) is 0.872. The molecule has 0 spiro atoms. The summed E-state index contributed by atoms with van der Waals surface area (Å²) >= 11 is 0. The number of nitrogens with zero attached hydrogens (tertiary/aromatic N) is 2. The van der Waals surface area contributed by atoms with Gasteiger partial charge in [0.2, 0.25) is 0 Å². The summed E-state index contributed by atoms with van der Waals surface area (Å²) < 4.78 is 36.0. The third-order valence-electron chi connectivity index (χ3n) is 2.99. The largest absolute Gasteiger partial charge is 0.433 e. The molecule has 1 aromatic rings. The van der Waals surface area contributed by atoms with Crippen LogP contribution in [0.1, 0.15) is 39.2 Å².